The van der Waals surface area contributed by atoms with Gasteiger partial charge in [0.15, 0.2) is 0 Å². The highest BCUT2D eigenvalue weighted by Gasteiger charge is 2.22. The number of nitrogens with zero attached hydrogens (tertiary/aromatic N) is 1. The number of sulfonamides is 1. The average molecular weight is 455 g/mol. The van der Waals surface area contributed by atoms with Crippen LogP contribution >= 0.6 is 0 Å². The summed E-state index contributed by atoms with van der Waals surface area (Å²) in [6.45, 7) is 5.28. The third-order valence-electron chi connectivity index (χ3n) is 4.26. The Kier molecular flexibility index (Phi) is 6.81. The van der Waals surface area contributed by atoms with Crippen LogP contribution in [0.2, 0.25) is 0 Å². The molecule has 168 valence electrons. The van der Waals surface area contributed by atoms with Crippen molar-refractivity contribution in [3.63, 3.8) is 0 Å². The van der Waals surface area contributed by atoms with Crippen molar-refractivity contribution >= 4 is 33.1 Å². The normalized spacial score (nSPS) is 11.6. The van der Waals surface area contributed by atoms with Gasteiger partial charge in [-0.05, 0) is 63.2 Å². The molecule has 0 saturated heterocycles. The zero-order valence-electron chi connectivity index (χ0n) is 18.3. The predicted molar refractivity (Wildman–Crippen MR) is 125 cm³/mol. The molecule has 0 atom stereocenters. The van der Waals surface area contributed by atoms with Gasteiger partial charge in [0.1, 0.15) is 11.6 Å². The van der Waals surface area contributed by atoms with Gasteiger partial charge in [0.25, 0.3) is 5.91 Å². The Labute approximate surface area is 188 Å². The molecule has 8 nitrogen and oxygen atoms in total. The van der Waals surface area contributed by atoms with Gasteiger partial charge in [-0.2, -0.15) is 0 Å². The van der Waals surface area contributed by atoms with Crippen molar-refractivity contribution in [3.8, 4) is 5.75 Å². The van der Waals surface area contributed by atoms with Crippen molar-refractivity contribution in [2.45, 2.75) is 31.2 Å². The van der Waals surface area contributed by atoms with E-state index in [2.05, 4.69) is 20.3 Å². The van der Waals surface area contributed by atoms with Gasteiger partial charge in [-0.15, -0.1) is 0 Å². The number of aromatic nitrogens is 1. The van der Waals surface area contributed by atoms with Crippen molar-refractivity contribution in [1.82, 2.24) is 9.71 Å². The van der Waals surface area contributed by atoms with Gasteiger partial charge in [0.05, 0.1) is 23.3 Å². The number of carbonyl (C=O) groups is 1. The van der Waals surface area contributed by atoms with Crippen molar-refractivity contribution < 1.29 is 17.9 Å². The summed E-state index contributed by atoms with van der Waals surface area (Å²) < 4.78 is 33.2. The van der Waals surface area contributed by atoms with E-state index in [1.807, 2.05) is 18.2 Å². The Morgan fingerprint density at radius 2 is 1.75 bits per heavy atom. The van der Waals surface area contributed by atoms with Gasteiger partial charge in [-0.3, -0.25) is 4.79 Å². The molecule has 9 heteroatoms. The summed E-state index contributed by atoms with van der Waals surface area (Å²) in [5, 5.41) is 5.86. The third kappa shape index (κ3) is 5.83. The van der Waals surface area contributed by atoms with Crippen LogP contribution in [-0.4, -0.2) is 32.0 Å². The Morgan fingerprint density at radius 3 is 2.47 bits per heavy atom. The van der Waals surface area contributed by atoms with E-state index >= 15 is 0 Å². The highest BCUT2D eigenvalue weighted by atomic mass is 32.2. The van der Waals surface area contributed by atoms with E-state index in [1.165, 1.54) is 12.1 Å². The first-order chi connectivity index (χ1) is 15.1. The van der Waals surface area contributed by atoms with Crippen molar-refractivity contribution in [1.29, 1.82) is 0 Å². The number of para-hydroxylation sites is 2. The molecule has 0 radical (unpaired) electrons. The average Bonchev–Trinajstić information content (AvgIpc) is 2.73. The van der Waals surface area contributed by atoms with E-state index in [9.17, 15) is 13.2 Å². The zero-order chi connectivity index (χ0) is 23.4. The number of hydrogen-bond acceptors (Lipinski definition) is 6. The second-order valence-corrected chi connectivity index (χ2v) is 9.74. The van der Waals surface area contributed by atoms with Gasteiger partial charge >= 0.3 is 0 Å². The third-order valence-corrected chi connectivity index (χ3v) is 6.01. The van der Waals surface area contributed by atoms with Crippen molar-refractivity contribution in [2.75, 3.05) is 17.7 Å². The number of pyridine rings is 1. The number of benzene rings is 2. The fraction of sp³-hybridized carbons (Fsp3) is 0.217. The van der Waals surface area contributed by atoms with Crippen LogP contribution in [-0.2, 0) is 10.0 Å². The van der Waals surface area contributed by atoms with Gasteiger partial charge in [0.2, 0.25) is 10.0 Å². The summed E-state index contributed by atoms with van der Waals surface area (Å²) in [6, 6.07) is 16.6. The highest BCUT2D eigenvalue weighted by Crippen LogP contribution is 2.28. The molecule has 1 amide bonds. The number of hydrogen-bond donors (Lipinski definition) is 3. The molecule has 0 fully saturated rings. The minimum atomic E-state index is -3.74. The largest absolute Gasteiger partial charge is 0.495 e. The molecule has 3 rings (SSSR count). The second-order valence-electron chi connectivity index (χ2n) is 8.06. The Hall–Kier alpha value is -3.43. The second kappa shape index (κ2) is 9.37. The quantitative estimate of drug-likeness (QED) is 0.495. The maximum atomic E-state index is 13.0. The van der Waals surface area contributed by atoms with Gasteiger partial charge < -0.3 is 15.4 Å². The van der Waals surface area contributed by atoms with E-state index in [1.54, 1.807) is 64.4 Å². The van der Waals surface area contributed by atoms with Gasteiger partial charge in [0, 0.05) is 17.4 Å². The lowest BCUT2D eigenvalue weighted by atomic mass is 10.1. The molecule has 32 heavy (non-hydrogen) atoms. The zero-order valence-corrected chi connectivity index (χ0v) is 19.2. The molecule has 2 aromatic carbocycles. The lowest BCUT2D eigenvalue weighted by Gasteiger charge is -2.20. The molecule has 0 bridgehead atoms. The fourth-order valence-corrected chi connectivity index (χ4v) is 4.43. The molecule has 0 saturated carbocycles. The van der Waals surface area contributed by atoms with Crippen LogP contribution in [0.5, 0.6) is 5.75 Å². The number of methoxy groups -OCH3 is 1. The molecule has 3 N–H and O–H groups in total. The standard InChI is InChI=1S/C23H26N4O4S/c1-23(2,3)27-32(29,30)17-10-7-9-16(15-17)25-22(28)18-11-8-14-24-21(18)26-19-12-5-6-13-20(19)31-4/h5-15,27H,1-4H3,(H,24,26)(H,25,28). The van der Waals surface area contributed by atoms with E-state index in [0.717, 1.165) is 0 Å². The van der Waals surface area contributed by atoms with Crippen LogP contribution in [0.3, 0.4) is 0 Å². The van der Waals surface area contributed by atoms with Crippen LogP contribution in [0, 0.1) is 0 Å². The summed E-state index contributed by atoms with van der Waals surface area (Å²) in [5.74, 6) is 0.510. The first-order valence-corrected chi connectivity index (χ1v) is 11.4. The van der Waals surface area contributed by atoms with Crippen molar-refractivity contribution in [3.05, 3.63) is 72.4 Å². The molecule has 0 aliphatic heterocycles. The molecule has 1 heterocycles. The van der Waals surface area contributed by atoms with Gasteiger partial charge in [-0.25, -0.2) is 18.1 Å². The Morgan fingerprint density at radius 1 is 1.00 bits per heavy atom. The molecular formula is C23H26N4O4S. The van der Waals surface area contributed by atoms with Crippen LogP contribution in [0.4, 0.5) is 17.2 Å². The van der Waals surface area contributed by atoms with Crippen LogP contribution < -0.4 is 20.1 Å². The summed E-state index contributed by atoms with van der Waals surface area (Å²) in [5.41, 5.74) is 0.662. The van der Waals surface area contributed by atoms with E-state index in [4.69, 9.17) is 4.74 Å². The number of amides is 1. The fourth-order valence-electron chi connectivity index (χ4n) is 2.97. The van der Waals surface area contributed by atoms with E-state index in [-0.39, 0.29) is 4.90 Å². The highest BCUT2D eigenvalue weighted by molar-refractivity contribution is 7.89. The predicted octanol–water partition coefficient (Wildman–Crippen LogP) is 4.16. The number of carbonyl (C=O) groups excluding carboxylic acids is 1. The van der Waals surface area contributed by atoms with E-state index < -0.39 is 21.5 Å². The van der Waals surface area contributed by atoms with Crippen LogP contribution in [0.25, 0.3) is 0 Å². The van der Waals surface area contributed by atoms with Crippen molar-refractivity contribution in [2.24, 2.45) is 0 Å². The Balaban J connectivity index is 1.85. The Bertz CT molecular complexity index is 1220. The summed E-state index contributed by atoms with van der Waals surface area (Å²) in [6.07, 6.45) is 1.57. The number of nitrogens with one attached hydrogen (secondary N) is 3. The van der Waals surface area contributed by atoms with Gasteiger partial charge in [-0.1, -0.05) is 18.2 Å². The van der Waals surface area contributed by atoms with Crippen LogP contribution in [0.15, 0.2) is 71.8 Å². The molecule has 3 aromatic rings. The molecular weight excluding hydrogens is 428 g/mol. The SMILES string of the molecule is COc1ccccc1Nc1ncccc1C(=O)Nc1cccc(S(=O)(=O)NC(C)(C)C)c1. The molecule has 1 aromatic heterocycles. The first kappa shape index (κ1) is 23.2. The topological polar surface area (TPSA) is 109 Å². The summed E-state index contributed by atoms with van der Waals surface area (Å²) >= 11 is 0. The molecule has 0 unspecified atom stereocenters. The minimum Gasteiger partial charge on any atom is -0.495 e. The molecule has 0 aliphatic rings. The lowest BCUT2D eigenvalue weighted by Crippen LogP contribution is -2.40. The van der Waals surface area contributed by atoms with Crippen LogP contribution in [0.1, 0.15) is 31.1 Å². The number of anilines is 3. The molecule has 0 aliphatic carbocycles. The number of rotatable bonds is 7. The number of ether oxygens (including phenoxy) is 1. The maximum absolute atomic E-state index is 13.0. The maximum Gasteiger partial charge on any atom is 0.259 e. The monoisotopic (exact) mass is 454 g/mol. The smallest absolute Gasteiger partial charge is 0.259 e. The summed E-state index contributed by atoms with van der Waals surface area (Å²) in [7, 11) is -2.18. The summed E-state index contributed by atoms with van der Waals surface area (Å²) in [4.78, 5) is 17.3. The minimum absolute atomic E-state index is 0.0591. The first-order valence-electron chi connectivity index (χ1n) is 9.89. The van der Waals surface area contributed by atoms with E-state index in [0.29, 0.717) is 28.5 Å². The molecule has 0 spiro atoms. The lowest BCUT2D eigenvalue weighted by molar-refractivity contribution is 0.102.